The molecule has 100 valence electrons. The van der Waals surface area contributed by atoms with Crippen LogP contribution in [0.2, 0.25) is 0 Å². The number of halogens is 2. The summed E-state index contributed by atoms with van der Waals surface area (Å²) in [6, 6.07) is 9.59. The van der Waals surface area contributed by atoms with Gasteiger partial charge in [-0.05, 0) is 23.8 Å². The van der Waals surface area contributed by atoms with Crippen LogP contribution in [0, 0.1) is 5.82 Å². The van der Waals surface area contributed by atoms with Crippen LogP contribution in [-0.4, -0.2) is 17.2 Å². The fourth-order valence-corrected chi connectivity index (χ4v) is 2.24. The quantitative estimate of drug-likeness (QED) is 0.938. The van der Waals surface area contributed by atoms with Gasteiger partial charge in [0.15, 0.2) is 0 Å². The molecule has 1 N–H and O–H groups in total. The zero-order chi connectivity index (χ0) is 13.8. The van der Waals surface area contributed by atoms with Crippen LogP contribution in [0.25, 0.3) is 0 Å². The highest BCUT2D eigenvalue weighted by Gasteiger charge is 2.13. The number of nitrogens with zero attached hydrogens (tertiary/aromatic N) is 1. The minimum atomic E-state index is -0.767. The van der Waals surface area contributed by atoms with Crippen molar-refractivity contribution < 1.29 is 14.2 Å². The molecule has 5 heteroatoms. The lowest BCUT2D eigenvalue weighted by Crippen LogP contribution is -2.05. The molecule has 0 saturated carbocycles. The summed E-state index contributed by atoms with van der Waals surface area (Å²) in [5.41, 5.74) is 1.34. The smallest absolute Gasteiger partial charge is 0.213 e. The van der Waals surface area contributed by atoms with E-state index in [2.05, 4.69) is 20.9 Å². The maximum Gasteiger partial charge on any atom is 0.213 e. The summed E-state index contributed by atoms with van der Waals surface area (Å²) in [4.78, 5) is 4.17. The van der Waals surface area contributed by atoms with E-state index in [1.54, 1.807) is 24.3 Å². The van der Waals surface area contributed by atoms with Gasteiger partial charge in [0.1, 0.15) is 11.9 Å². The van der Waals surface area contributed by atoms with Crippen molar-refractivity contribution in [1.82, 2.24) is 4.98 Å². The van der Waals surface area contributed by atoms with Crippen LogP contribution in [0.4, 0.5) is 4.39 Å². The standard InChI is InChI=1S/C14H13BrFNO2/c1-19-14-4-2-3-12(17-14)13(18)7-9-5-6-10(16)8-11(9)15/h2-6,8,13,18H,7H2,1H3. The van der Waals surface area contributed by atoms with Crippen LogP contribution in [0.15, 0.2) is 40.9 Å². The molecule has 0 aliphatic heterocycles. The van der Waals surface area contributed by atoms with Crippen LogP contribution in [0.5, 0.6) is 5.88 Å². The normalized spacial score (nSPS) is 12.2. The summed E-state index contributed by atoms with van der Waals surface area (Å²) in [5, 5.41) is 10.2. The highest BCUT2D eigenvalue weighted by Crippen LogP contribution is 2.24. The lowest BCUT2D eigenvalue weighted by atomic mass is 10.1. The van der Waals surface area contributed by atoms with Gasteiger partial charge in [-0.15, -0.1) is 0 Å². The van der Waals surface area contributed by atoms with Gasteiger partial charge >= 0.3 is 0 Å². The lowest BCUT2D eigenvalue weighted by molar-refractivity contribution is 0.172. The molecule has 0 aliphatic rings. The maximum atomic E-state index is 13.0. The van der Waals surface area contributed by atoms with Gasteiger partial charge in [-0.2, -0.15) is 0 Å². The lowest BCUT2D eigenvalue weighted by Gasteiger charge is -2.12. The number of pyridine rings is 1. The number of ether oxygens (including phenoxy) is 1. The Kier molecular flexibility index (Phi) is 4.50. The predicted molar refractivity (Wildman–Crippen MR) is 73.6 cm³/mol. The molecule has 1 unspecified atom stereocenters. The molecule has 19 heavy (non-hydrogen) atoms. The first-order valence-corrected chi connectivity index (χ1v) is 6.52. The van der Waals surface area contributed by atoms with E-state index in [1.807, 2.05) is 0 Å². The van der Waals surface area contributed by atoms with E-state index in [-0.39, 0.29) is 5.82 Å². The van der Waals surface area contributed by atoms with E-state index in [9.17, 15) is 9.50 Å². The van der Waals surface area contributed by atoms with Crippen molar-refractivity contribution in [2.75, 3.05) is 7.11 Å². The predicted octanol–water partition coefficient (Wildman–Crippen LogP) is 3.27. The van der Waals surface area contributed by atoms with Crippen molar-refractivity contribution in [3.8, 4) is 5.88 Å². The van der Waals surface area contributed by atoms with Crippen molar-refractivity contribution in [3.63, 3.8) is 0 Å². The van der Waals surface area contributed by atoms with Crippen LogP contribution < -0.4 is 4.74 Å². The molecule has 0 spiro atoms. The fraction of sp³-hybridized carbons (Fsp3) is 0.214. The van der Waals surface area contributed by atoms with E-state index in [0.717, 1.165) is 5.56 Å². The Morgan fingerprint density at radius 1 is 1.37 bits per heavy atom. The molecule has 3 nitrogen and oxygen atoms in total. The van der Waals surface area contributed by atoms with Crippen molar-refractivity contribution in [2.24, 2.45) is 0 Å². The molecule has 0 bridgehead atoms. The van der Waals surface area contributed by atoms with Gasteiger partial charge in [-0.1, -0.05) is 28.1 Å². The SMILES string of the molecule is COc1cccc(C(O)Cc2ccc(F)cc2Br)n1. The molecular formula is C14H13BrFNO2. The van der Waals surface area contributed by atoms with Crippen molar-refractivity contribution in [2.45, 2.75) is 12.5 Å². The second-order valence-electron chi connectivity index (χ2n) is 4.06. The third-order valence-corrected chi connectivity index (χ3v) is 3.46. The second-order valence-corrected chi connectivity index (χ2v) is 4.91. The minimum Gasteiger partial charge on any atom is -0.481 e. The maximum absolute atomic E-state index is 13.0. The van der Waals surface area contributed by atoms with Crippen molar-refractivity contribution in [3.05, 3.63) is 57.9 Å². The summed E-state index contributed by atoms with van der Waals surface area (Å²) in [7, 11) is 1.52. The summed E-state index contributed by atoms with van der Waals surface area (Å²) >= 11 is 3.28. The van der Waals surface area contributed by atoms with E-state index < -0.39 is 6.10 Å². The number of aliphatic hydroxyl groups is 1. The summed E-state index contributed by atoms with van der Waals surface area (Å²) < 4.78 is 18.6. The first kappa shape index (κ1) is 14.0. The number of aromatic nitrogens is 1. The highest BCUT2D eigenvalue weighted by molar-refractivity contribution is 9.10. The molecule has 0 fully saturated rings. The van der Waals surface area contributed by atoms with E-state index in [0.29, 0.717) is 22.5 Å². The highest BCUT2D eigenvalue weighted by atomic mass is 79.9. The van der Waals surface area contributed by atoms with Gasteiger partial charge in [0, 0.05) is 17.0 Å². The third kappa shape index (κ3) is 3.52. The Hall–Kier alpha value is -1.46. The number of rotatable bonds is 4. The minimum absolute atomic E-state index is 0.315. The average molecular weight is 326 g/mol. The first-order valence-electron chi connectivity index (χ1n) is 5.73. The number of hydrogen-bond acceptors (Lipinski definition) is 3. The molecule has 1 atom stereocenters. The molecule has 0 aliphatic carbocycles. The van der Waals surface area contributed by atoms with Crippen LogP contribution in [-0.2, 0) is 6.42 Å². The molecule has 0 radical (unpaired) electrons. The number of methoxy groups -OCH3 is 1. The molecule has 0 saturated heterocycles. The van der Waals surface area contributed by atoms with Gasteiger partial charge in [0.2, 0.25) is 5.88 Å². The topological polar surface area (TPSA) is 42.4 Å². The largest absolute Gasteiger partial charge is 0.481 e. The van der Waals surface area contributed by atoms with E-state index >= 15 is 0 Å². The molecule has 1 aromatic heterocycles. The summed E-state index contributed by atoms with van der Waals surface area (Å²) in [6.45, 7) is 0. The van der Waals surface area contributed by atoms with Crippen LogP contribution in [0.3, 0.4) is 0 Å². The second kappa shape index (κ2) is 6.12. The van der Waals surface area contributed by atoms with Crippen LogP contribution in [0.1, 0.15) is 17.4 Å². The Bertz CT molecular complexity index is 577. The monoisotopic (exact) mass is 325 g/mol. The van der Waals surface area contributed by atoms with Crippen molar-refractivity contribution in [1.29, 1.82) is 0 Å². The van der Waals surface area contributed by atoms with Gasteiger partial charge in [-0.25, -0.2) is 9.37 Å². The zero-order valence-electron chi connectivity index (χ0n) is 10.3. The Labute approximate surface area is 119 Å². The number of hydrogen-bond donors (Lipinski definition) is 1. The zero-order valence-corrected chi connectivity index (χ0v) is 11.9. The van der Waals surface area contributed by atoms with Gasteiger partial charge in [0.25, 0.3) is 0 Å². The molecule has 2 rings (SSSR count). The Morgan fingerprint density at radius 2 is 2.16 bits per heavy atom. The van der Waals surface area contributed by atoms with Gasteiger partial charge in [0.05, 0.1) is 12.8 Å². The summed E-state index contributed by atoms with van der Waals surface area (Å²) in [5.74, 6) is 0.138. The van der Waals surface area contributed by atoms with Gasteiger partial charge in [-0.3, -0.25) is 0 Å². The molecular weight excluding hydrogens is 313 g/mol. The molecule has 1 heterocycles. The number of aliphatic hydroxyl groups excluding tert-OH is 1. The van der Waals surface area contributed by atoms with E-state index in [1.165, 1.54) is 19.2 Å². The molecule has 0 amide bonds. The molecule has 1 aromatic carbocycles. The first-order chi connectivity index (χ1) is 9.10. The van der Waals surface area contributed by atoms with Gasteiger partial charge < -0.3 is 9.84 Å². The average Bonchev–Trinajstić information content (AvgIpc) is 2.42. The Balaban J connectivity index is 2.17. The van der Waals surface area contributed by atoms with E-state index in [4.69, 9.17) is 4.74 Å². The fourth-order valence-electron chi connectivity index (χ4n) is 1.73. The summed E-state index contributed by atoms with van der Waals surface area (Å²) in [6.07, 6.45) is -0.419. The molecule has 2 aromatic rings. The Morgan fingerprint density at radius 3 is 2.84 bits per heavy atom. The van der Waals surface area contributed by atoms with Crippen LogP contribution >= 0.6 is 15.9 Å². The number of benzene rings is 1. The third-order valence-electron chi connectivity index (χ3n) is 2.72. The van der Waals surface area contributed by atoms with Crippen molar-refractivity contribution >= 4 is 15.9 Å².